The molecule has 78 valence electrons. The number of alkyl halides is 3. The summed E-state index contributed by atoms with van der Waals surface area (Å²) in [6.45, 7) is -0.529. The standard InChI is InChI=1S/C4H6Cl3NO4S/c1-13(10,11)8-3(9)12-2-4(5,6)7/h2H2,1H3,(H,8,9). The molecule has 0 spiro atoms. The molecule has 0 bridgehead atoms. The van der Waals surface area contributed by atoms with E-state index in [0.717, 1.165) is 6.26 Å². The van der Waals surface area contributed by atoms with Crippen molar-refractivity contribution in [3.05, 3.63) is 0 Å². The first-order valence-corrected chi connectivity index (χ1v) is 5.84. The summed E-state index contributed by atoms with van der Waals surface area (Å²) in [7, 11) is -3.64. The number of halogens is 3. The van der Waals surface area contributed by atoms with Crippen LogP contribution in [0.3, 0.4) is 0 Å². The molecule has 0 aliphatic heterocycles. The smallest absolute Gasteiger partial charge is 0.421 e. The van der Waals surface area contributed by atoms with Gasteiger partial charge in [0.25, 0.3) is 0 Å². The Morgan fingerprint density at radius 2 is 1.92 bits per heavy atom. The molecular formula is C4H6Cl3NO4S. The predicted octanol–water partition coefficient (Wildman–Crippen LogP) is 1.04. The largest absolute Gasteiger partial charge is 0.444 e. The minimum absolute atomic E-state index is 0.529. The fourth-order valence-corrected chi connectivity index (χ4v) is 0.854. The van der Waals surface area contributed by atoms with Gasteiger partial charge in [-0.3, -0.25) is 0 Å². The van der Waals surface area contributed by atoms with Gasteiger partial charge in [-0.05, 0) is 0 Å². The zero-order chi connectivity index (χ0) is 10.7. The molecule has 0 aliphatic carbocycles. The fraction of sp³-hybridized carbons (Fsp3) is 0.750. The summed E-state index contributed by atoms with van der Waals surface area (Å²) in [4.78, 5) is 10.6. The molecule has 0 aromatic heterocycles. The number of amides is 1. The van der Waals surface area contributed by atoms with Crippen molar-refractivity contribution in [3.8, 4) is 0 Å². The summed E-state index contributed by atoms with van der Waals surface area (Å²) >= 11 is 15.7. The summed E-state index contributed by atoms with van der Waals surface area (Å²) in [6, 6.07) is 0. The lowest BCUT2D eigenvalue weighted by molar-refractivity contribution is 0.155. The molecule has 0 atom stereocenters. The van der Waals surface area contributed by atoms with Crippen LogP contribution in [0.5, 0.6) is 0 Å². The topological polar surface area (TPSA) is 72.5 Å². The lowest BCUT2D eigenvalue weighted by Crippen LogP contribution is -2.32. The Labute approximate surface area is 90.3 Å². The van der Waals surface area contributed by atoms with Crippen molar-refractivity contribution in [1.29, 1.82) is 0 Å². The monoisotopic (exact) mass is 269 g/mol. The second-order valence-electron chi connectivity index (χ2n) is 2.07. The van der Waals surface area contributed by atoms with Crippen molar-refractivity contribution >= 4 is 50.9 Å². The second-order valence-corrected chi connectivity index (χ2v) is 6.33. The minimum Gasteiger partial charge on any atom is -0.444 e. The van der Waals surface area contributed by atoms with Gasteiger partial charge < -0.3 is 4.74 Å². The molecule has 0 radical (unpaired) electrons. The maximum atomic E-state index is 10.6. The molecule has 0 aromatic carbocycles. The number of ether oxygens (including phenoxy) is 1. The Morgan fingerprint density at radius 1 is 1.46 bits per heavy atom. The maximum Gasteiger partial charge on any atom is 0.421 e. The molecule has 1 amide bonds. The molecule has 5 nitrogen and oxygen atoms in total. The van der Waals surface area contributed by atoms with E-state index >= 15 is 0 Å². The van der Waals surface area contributed by atoms with Gasteiger partial charge in [0.1, 0.15) is 6.61 Å². The van der Waals surface area contributed by atoms with Crippen molar-refractivity contribution in [2.75, 3.05) is 12.9 Å². The minimum atomic E-state index is -3.64. The molecule has 0 saturated carbocycles. The molecule has 0 aromatic rings. The second kappa shape index (κ2) is 4.54. The molecule has 0 saturated heterocycles. The van der Waals surface area contributed by atoms with Crippen LogP contribution >= 0.6 is 34.8 Å². The van der Waals surface area contributed by atoms with Gasteiger partial charge in [0.2, 0.25) is 13.8 Å². The summed E-state index contributed by atoms with van der Waals surface area (Å²) < 4.78 is 24.9. The van der Waals surface area contributed by atoms with Gasteiger partial charge in [-0.2, -0.15) is 0 Å². The first-order chi connectivity index (χ1) is 5.60. The Morgan fingerprint density at radius 3 is 2.23 bits per heavy atom. The summed E-state index contributed by atoms with van der Waals surface area (Å²) in [5, 5.41) is 0. The highest BCUT2D eigenvalue weighted by atomic mass is 35.6. The van der Waals surface area contributed by atoms with Gasteiger partial charge in [0.05, 0.1) is 6.26 Å². The van der Waals surface area contributed by atoms with Crippen molar-refractivity contribution in [1.82, 2.24) is 4.72 Å². The molecule has 13 heavy (non-hydrogen) atoms. The van der Waals surface area contributed by atoms with Crippen molar-refractivity contribution in [2.24, 2.45) is 0 Å². The van der Waals surface area contributed by atoms with Crippen molar-refractivity contribution in [2.45, 2.75) is 3.79 Å². The predicted molar refractivity (Wildman–Crippen MR) is 49.6 cm³/mol. The van der Waals surface area contributed by atoms with E-state index in [-0.39, 0.29) is 0 Å². The van der Waals surface area contributed by atoms with E-state index in [1.54, 1.807) is 0 Å². The van der Waals surface area contributed by atoms with E-state index in [1.807, 2.05) is 0 Å². The average molecular weight is 271 g/mol. The van der Waals surface area contributed by atoms with Crippen LogP contribution in [0.1, 0.15) is 0 Å². The molecular weight excluding hydrogens is 264 g/mol. The van der Waals surface area contributed by atoms with Crippen LogP contribution in [0.2, 0.25) is 0 Å². The van der Waals surface area contributed by atoms with Crippen LogP contribution in [-0.2, 0) is 14.8 Å². The quantitative estimate of drug-likeness (QED) is 0.761. The summed E-state index contributed by atoms with van der Waals surface area (Å²) in [5.74, 6) is 0. The van der Waals surface area contributed by atoms with Gasteiger partial charge in [0.15, 0.2) is 0 Å². The van der Waals surface area contributed by atoms with Gasteiger partial charge in [-0.1, -0.05) is 34.8 Å². The fourth-order valence-electron chi connectivity index (χ4n) is 0.328. The highest BCUT2D eigenvalue weighted by Crippen LogP contribution is 2.25. The SMILES string of the molecule is CS(=O)(=O)NC(=O)OCC(Cl)(Cl)Cl. The van der Waals surface area contributed by atoms with Gasteiger partial charge in [-0.15, -0.1) is 0 Å². The Bertz CT molecular complexity index is 282. The third kappa shape index (κ3) is 10.0. The lowest BCUT2D eigenvalue weighted by Gasteiger charge is -2.10. The summed E-state index contributed by atoms with van der Waals surface area (Å²) in [5.41, 5.74) is 0. The van der Waals surface area contributed by atoms with E-state index in [4.69, 9.17) is 34.8 Å². The Hall–Kier alpha value is 0.0900. The average Bonchev–Trinajstić information content (AvgIpc) is 1.78. The van der Waals surface area contributed by atoms with Crippen LogP contribution in [0, 0.1) is 0 Å². The molecule has 0 rings (SSSR count). The number of hydrogen-bond acceptors (Lipinski definition) is 4. The third-order valence-corrected chi connectivity index (χ3v) is 1.50. The lowest BCUT2D eigenvalue weighted by atomic mass is 10.8. The number of hydrogen-bond donors (Lipinski definition) is 1. The van der Waals surface area contributed by atoms with Crippen LogP contribution in [0.25, 0.3) is 0 Å². The van der Waals surface area contributed by atoms with E-state index in [0.29, 0.717) is 0 Å². The van der Waals surface area contributed by atoms with E-state index in [1.165, 1.54) is 4.72 Å². The van der Waals surface area contributed by atoms with E-state index < -0.39 is 26.5 Å². The first-order valence-electron chi connectivity index (χ1n) is 2.81. The van der Waals surface area contributed by atoms with Crippen molar-refractivity contribution < 1.29 is 17.9 Å². The van der Waals surface area contributed by atoms with E-state index in [2.05, 4.69) is 4.74 Å². The Balaban J connectivity index is 3.92. The van der Waals surface area contributed by atoms with Crippen LogP contribution in [0.4, 0.5) is 4.79 Å². The van der Waals surface area contributed by atoms with Gasteiger partial charge >= 0.3 is 6.09 Å². The van der Waals surface area contributed by atoms with Crippen LogP contribution in [0.15, 0.2) is 0 Å². The first kappa shape index (κ1) is 13.1. The third-order valence-electron chi connectivity index (χ3n) is 0.636. The number of carbonyl (C=O) groups excluding carboxylic acids is 1. The molecule has 0 aliphatic rings. The normalized spacial score (nSPS) is 12.3. The van der Waals surface area contributed by atoms with E-state index in [9.17, 15) is 13.2 Å². The summed E-state index contributed by atoms with van der Waals surface area (Å²) in [6.07, 6.45) is -0.391. The Kier molecular flexibility index (Phi) is 4.58. The number of rotatable bonds is 2. The number of nitrogens with one attached hydrogen (secondary N) is 1. The molecule has 0 unspecified atom stereocenters. The highest BCUT2D eigenvalue weighted by Gasteiger charge is 2.22. The number of carbonyl (C=O) groups is 1. The van der Waals surface area contributed by atoms with Gasteiger partial charge in [-0.25, -0.2) is 17.9 Å². The van der Waals surface area contributed by atoms with Crippen molar-refractivity contribution in [3.63, 3.8) is 0 Å². The molecule has 1 N–H and O–H groups in total. The maximum absolute atomic E-state index is 10.6. The van der Waals surface area contributed by atoms with Gasteiger partial charge in [0, 0.05) is 0 Å². The molecule has 0 heterocycles. The molecule has 0 fully saturated rings. The number of sulfonamides is 1. The zero-order valence-electron chi connectivity index (χ0n) is 6.38. The highest BCUT2D eigenvalue weighted by molar-refractivity contribution is 7.89. The zero-order valence-corrected chi connectivity index (χ0v) is 9.47. The molecule has 9 heteroatoms. The van der Waals surface area contributed by atoms with Crippen LogP contribution in [-0.4, -0.2) is 31.2 Å². The van der Waals surface area contributed by atoms with Crippen LogP contribution < -0.4 is 4.72 Å².